The van der Waals surface area contributed by atoms with Gasteiger partial charge in [-0.1, -0.05) is 38.0 Å². The molecule has 18 heavy (non-hydrogen) atoms. The third-order valence-electron chi connectivity index (χ3n) is 3.09. The van der Waals surface area contributed by atoms with Gasteiger partial charge in [-0.05, 0) is 19.3 Å². The van der Waals surface area contributed by atoms with Crippen LogP contribution in [-0.2, 0) is 32.6 Å². The van der Waals surface area contributed by atoms with Crippen LogP contribution in [0.1, 0.15) is 43.4 Å². The number of hydrogen-bond acceptors (Lipinski definition) is 0. The van der Waals surface area contributed by atoms with E-state index >= 15 is 0 Å². The van der Waals surface area contributed by atoms with Gasteiger partial charge in [0.2, 0.25) is 0 Å². The van der Waals surface area contributed by atoms with Crippen molar-refractivity contribution in [1.29, 1.82) is 0 Å². The largest absolute Gasteiger partial charge is 3.00 e. The smallest absolute Gasteiger partial charge is 1.00 e. The Morgan fingerprint density at radius 2 is 1.72 bits per heavy atom. The molecule has 0 saturated carbocycles. The van der Waals surface area contributed by atoms with Crippen LogP contribution in [0.4, 0.5) is 0 Å². The van der Waals surface area contributed by atoms with Crippen molar-refractivity contribution in [2.24, 2.45) is 0 Å². The quantitative estimate of drug-likeness (QED) is 0.575. The summed E-state index contributed by atoms with van der Waals surface area (Å²) in [6.07, 6.45) is 1.13. The molecule has 0 aliphatic carbocycles. The number of halogens is 2. The van der Waals surface area contributed by atoms with E-state index in [9.17, 15) is 0 Å². The van der Waals surface area contributed by atoms with E-state index in [0.29, 0.717) is 5.92 Å². The Morgan fingerprint density at radius 3 is 2.22 bits per heavy atom. The first-order valence-electron chi connectivity index (χ1n) is 5.81. The fraction of sp³-hybridized carbons (Fsp3) is 0.400. The number of hydrogen-bond donors (Lipinski definition) is 0. The van der Waals surface area contributed by atoms with Gasteiger partial charge in [0, 0.05) is 0 Å². The molecule has 0 unspecified atom stereocenters. The molecule has 0 aliphatic rings. The summed E-state index contributed by atoms with van der Waals surface area (Å²) in [6.45, 7) is 8.94. The molecule has 2 aromatic carbocycles. The fourth-order valence-corrected chi connectivity index (χ4v) is 2.25. The van der Waals surface area contributed by atoms with Crippen molar-refractivity contribution in [3.8, 4) is 0 Å². The van der Waals surface area contributed by atoms with E-state index in [1.165, 1.54) is 27.5 Å². The first-order chi connectivity index (χ1) is 7.11. The summed E-state index contributed by atoms with van der Waals surface area (Å²) in [5.74, 6) is 0.611. The van der Waals surface area contributed by atoms with Crippen molar-refractivity contribution in [3.63, 3.8) is 0 Å². The Kier molecular flexibility index (Phi) is 9.69. The fourth-order valence-electron chi connectivity index (χ4n) is 2.25. The molecule has 0 fully saturated rings. The third-order valence-corrected chi connectivity index (χ3v) is 3.09. The Balaban J connectivity index is 0. The van der Waals surface area contributed by atoms with Crippen molar-refractivity contribution in [3.05, 3.63) is 41.0 Å². The zero-order chi connectivity index (χ0) is 11.0. The van der Waals surface area contributed by atoms with Crippen LogP contribution in [0.5, 0.6) is 0 Å². The van der Waals surface area contributed by atoms with Crippen molar-refractivity contribution >= 4 is 10.8 Å². The average Bonchev–Trinajstić information content (AvgIpc) is 2.58. The molecule has 97 valence electrons. The average molecular weight is 361 g/mol. The second-order valence-electron chi connectivity index (χ2n) is 4.73. The van der Waals surface area contributed by atoms with Gasteiger partial charge in [-0.25, -0.2) is 0 Å². The number of rotatable bonds is 2. The monoisotopic (exact) mass is 359 g/mol. The maximum atomic E-state index is 2.35. The first-order valence-corrected chi connectivity index (χ1v) is 5.81. The molecule has 0 spiro atoms. The minimum atomic E-state index is 0. The SMILES string of the molecule is CCc1cc2c(C(C)C)cc(C)cc2[cH-]1.[Cl-].[Cl-].[Zr+3]. The van der Waals surface area contributed by atoms with E-state index in [1.807, 2.05) is 0 Å². The van der Waals surface area contributed by atoms with E-state index in [2.05, 4.69) is 52.0 Å². The van der Waals surface area contributed by atoms with Crippen LogP contribution in [0.2, 0.25) is 0 Å². The Labute approximate surface area is 142 Å². The zero-order valence-corrected chi connectivity index (χ0v) is 15.3. The van der Waals surface area contributed by atoms with Gasteiger partial charge in [0.1, 0.15) is 0 Å². The number of aryl methyl sites for hydroxylation is 2. The standard InChI is InChI=1S/C15H19.2ClH.Zr/c1-5-12-8-13-6-11(4)7-14(10(2)3)15(13)9-12;;;/h6-10H,5H2,1-4H3;2*1H;/q-1;;;+3/p-2. The molecular weight excluding hydrogens is 342 g/mol. The molecular formula is C15H19Cl2Zr. The van der Waals surface area contributed by atoms with Crippen LogP contribution in [-0.4, -0.2) is 0 Å². The van der Waals surface area contributed by atoms with Gasteiger partial charge in [-0.15, -0.1) is 28.5 Å². The normalized spacial score (nSPS) is 9.61. The molecule has 0 amide bonds. The predicted molar refractivity (Wildman–Crippen MR) is 67.7 cm³/mol. The van der Waals surface area contributed by atoms with Crippen molar-refractivity contribution in [2.75, 3.05) is 0 Å². The molecule has 3 heteroatoms. The number of benzene rings is 1. The van der Waals surface area contributed by atoms with Gasteiger partial charge in [0.15, 0.2) is 0 Å². The second kappa shape index (κ2) is 8.46. The topological polar surface area (TPSA) is 0 Å². The second-order valence-corrected chi connectivity index (χ2v) is 4.73. The van der Waals surface area contributed by atoms with Crippen molar-refractivity contribution < 1.29 is 51.0 Å². The van der Waals surface area contributed by atoms with Crippen LogP contribution in [0.15, 0.2) is 24.3 Å². The molecule has 0 aromatic heterocycles. The summed E-state index contributed by atoms with van der Waals surface area (Å²) in [5, 5.41) is 2.86. The van der Waals surface area contributed by atoms with E-state index < -0.39 is 0 Å². The van der Waals surface area contributed by atoms with E-state index in [4.69, 9.17) is 0 Å². The summed E-state index contributed by atoms with van der Waals surface area (Å²) in [7, 11) is 0. The van der Waals surface area contributed by atoms with Crippen LogP contribution in [0, 0.1) is 6.92 Å². The van der Waals surface area contributed by atoms with Gasteiger partial charge >= 0.3 is 26.2 Å². The molecule has 0 saturated heterocycles. The first kappa shape index (κ1) is 20.6. The number of fused-ring (bicyclic) bond motifs is 1. The van der Waals surface area contributed by atoms with Crippen molar-refractivity contribution in [1.82, 2.24) is 0 Å². The summed E-state index contributed by atoms with van der Waals surface area (Å²) in [6, 6.07) is 9.30. The summed E-state index contributed by atoms with van der Waals surface area (Å²) < 4.78 is 0. The summed E-state index contributed by atoms with van der Waals surface area (Å²) in [4.78, 5) is 0. The van der Waals surface area contributed by atoms with E-state index in [0.717, 1.165) is 6.42 Å². The molecule has 2 aromatic rings. The van der Waals surface area contributed by atoms with Gasteiger partial charge in [0.05, 0.1) is 0 Å². The van der Waals surface area contributed by atoms with E-state index in [1.54, 1.807) is 0 Å². The minimum Gasteiger partial charge on any atom is -1.00 e. The van der Waals surface area contributed by atoms with Crippen LogP contribution in [0.25, 0.3) is 10.8 Å². The van der Waals surface area contributed by atoms with Gasteiger partial charge in [0.25, 0.3) is 0 Å². The maximum Gasteiger partial charge on any atom is 3.00 e. The van der Waals surface area contributed by atoms with Crippen LogP contribution >= 0.6 is 0 Å². The molecule has 0 aliphatic heterocycles. The molecule has 1 radical (unpaired) electrons. The zero-order valence-electron chi connectivity index (χ0n) is 11.3. The Morgan fingerprint density at radius 1 is 1.11 bits per heavy atom. The Hall–Kier alpha value is 0.293. The molecule has 0 N–H and O–H groups in total. The maximum absolute atomic E-state index is 2.35. The molecule has 0 atom stereocenters. The molecule has 2 rings (SSSR count). The van der Waals surface area contributed by atoms with Gasteiger partial charge in [-0.2, -0.15) is 6.07 Å². The third kappa shape index (κ3) is 4.15. The van der Waals surface area contributed by atoms with E-state index in [-0.39, 0.29) is 51.0 Å². The summed E-state index contributed by atoms with van der Waals surface area (Å²) >= 11 is 0. The minimum absolute atomic E-state index is 0. The summed E-state index contributed by atoms with van der Waals surface area (Å²) in [5.41, 5.74) is 4.32. The molecule has 0 nitrogen and oxygen atoms in total. The van der Waals surface area contributed by atoms with Gasteiger partial charge < -0.3 is 24.8 Å². The Bertz CT molecular complexity index is 486. The molecule has 0 bridgehead atoms. The van der Waals surface area contributed by atoms with Crippen molar-refractivity contribution in [2.45, 2.75) is 40.0 Å². The van der Waals surface area contributed by atoms with Crippen LogP contribution in [0.3, 0.4) is 0 Å². The van der Waals surface area contributed by atoms with Crippen LogP contribution < -0.4 is 24.8 Å². The molecule has 0 heterocycles. The van der Waals surface area contributed by atoms with Gasteiger partial charge in [-0.3, -0.25) is 0 Å². The predicted octanol–water partition coefficient (Wildman–Crippen LogP) is -1.44.